The molecular formula is C22H21ClN2O6. The molecular weight excluding hydrogens is 424 g/mol. The lowest BCUT2D eigenvalue weighted by atomic mass is 10.1. The third-order valence-corrected chi connectivity index (χ3v) is 4.82. The van der Waals surface area contributed by atoms with Crippen molar-refractivity contribution in [3.05, 3.63) is 63.8 Å². The first-order valence-corrected chi connectivity index (χ1v) is 9.67. The van der Waals surface area contributed by atoms with Gasteiger partial charge in [-0.3, -0.25) is 9.59 Å². The first-order valence-electron chi connectivity index (χ1n) is 9.29. The van der Waals surface area contributed by atoms with E-state index in [2.05, 4.69) is 10.1 Å². The summed E-state index contributed by atoms with van der Waals surface area (Å²) in [7, 11) is 2.65. The summed E-state index contributed by atoms with van der Waals surface area (Å²) in [5, 5.41) is 2.71. The summed E-state index contributed by atoms with van der Waals surface area (Å²) in [6.45, 7) is 1.83. The smallest absolute Gasteiger partial charge is 0.329 e. The lowest BCUT2D eigenvalue weighted by Crippen LogP contribution is -2.36. The Labute approximate surface area is 184 Å². The van der Waals surface area contributed by atoms with E-state index in [1.165, 1.54) is 20.3 Å². The number of hydrogen-bond donors (Lipinski definition) is 1. The molecule has 1 fully saturated rings. The average Bonchev–Trinajstić information content (AvgIpc) is 3.01. The molecule has 0 atom stereocenters. The maximum absolute atomic E-state index is 12.4. The van der Waals surface area contributed by atoms with Gasteiger partial charge in [0, 0.05) is 0 Å². The molecule has 0 unspecified atom stereocenters. The van der Waals surface area contributed by atoms with Crippen molar-refractivity contribution in [2.45, 2.75) is 13.5 Å². The lowest BCUT2D eigenvalue weighted by molar-refractivity contribution is -0.143. The number of carbonyl (C=O) groups excluding carboxylic acids is 3. The Morgan fingerprint density at radius 2 is 1.87 bits per heavy atom. The lowest BCUT2D eigenvalue weighted by Gasteiger charge is -2.14. The fraction of sp³-hybridized carbons (Fsp3) is 0.227. The number of methoxy groups -OCH3 is 2. The van der Waals surface area contributed by atoms with E-state index >= 15 is 0 Å². The average molecular weight is 445 g/mol. The van der Waals surface area contributed by atoms with Crippen molar-refractivity contribution in [3.8, 4) is 11.5 Å². The molecule has 0 radical (unpaired) electrons. The minimum atomic E-state index is -0.710. The van der Waals surface area contributed by atoms with Gasteiger partial charge in [0.15, 0.2) is 11.5 Å². The van der Waals surface area contributed by atoms with E-state index in [1.54, 1.807) is 12.1 Å². The molecule has 0 aromatic heterocycles. The Bertz CT molecular complexity index is 1050. The van der Waals surface area contributed by atoms with Crippen LogP contribution in [0.4, 0.5) is 4.79 Å². The van der Waals surface area contributed by atoms with Gasteiger partial charge >= 0.3 is 12.0 Å². The molecule has 2 aromatic carbocycles. The van der Waals surface area contributed by atoms with Gasteiger partial charge in [0.1, 0.15) is 18.8 Å². The van der Waals surface area contributed by atoms with Crippen molar-refractivity contribution in [1.82, 2.24) is 10.2 Å². The Kier molecular flexibility index (Phi) is 6.81. The Morgan fingerprint density at radius 1 is 1.16 bits per heavy atom. The van der Waals surface area contributed by atoms with E-state index in [0.29, 0.717) is 23.7 Å². The van der Waals surface area contributed by atoms with Crippen LogP contribution in [-0.2, 0) is 20.9 Å². The molecule has 0 spiro atoms. The maximum Gasteiger partial charge on any atom is 0.329 e. The van der Waals surface area contributed by atoms with E-state index in [0.717, 1.165) is 16.0 Å². The monoisotopic (exact) mass is 444 g/mol. The number of imide groups is 1. The third kappa shape index (κ3) is 5.16. The number of urea groups is 1. The molecule has 1 aliphatic heterocycles. The van der Waals surface area contributed by atoms with Gasteiger partial charge in [-0.25, -0.2) is 9.69 Å². The van der Waals surface area contributed by atoms with E-state index in [1.807, 2.05) is 31.2 Å². The molecule has 0 aliphatic carbocycles. The van der Waals surface area contributed by atoms with Gasteiger partial charge in [-0.2, -0.15) is 0 Å². The van der Waals surface area contributed by atoms with Crippen LogP contribution in [0.15, 0.2) is 42.1 Å². The summed E-state index contributed by atoms with van der Waals surface area (Å²) < 4.78 is 15.7. The minimum absolute atomic E-state index is 0.000321. The highest BCUT2D eigenvalue weighted by Gasteiger charge is 2.35. The van der Waals surface area contributed by atoms with E-state index in [4.69, 9.17) is 21.1 Å². The predicted octanol–water partition coefficient (Wildman–Crippen LogP) is 3.30. The largest absolute Gasteiger partial charge is 0.493 e. The van der Waals surface area contributed by atoms with E-state index < -0.39 is 24.5 Å². The third-order valence-electron chi connectivity index (χ3n) is 4.54. The van der Waals surface area contributed by atoms with Gasteiger partial charge in [0.25, 0.3) is 5.91 Å². The maximum atomic E-state index is 12.4. The number of halogens is 1. The SMILES string of the molecule is COC(=O)CN1C(=O)NC(=Cc2cc(Cl)c(OCc3ccc(C)cc3)c(OC)c2)C1=O. The van der Waals surface area contributed by atoms with Gasteiger partial charge < -0.3 is 19.5 Å². The van der Waals surface area contributed by atoms with Gasteiger partial charge in [0.2, 0.25) is 0 Å². The standard InChI is InChI=1S/C22H21ClN2O6/c1-13-4-6-14(7-5-13)12-31-20-16(23)8-15(10-18(20)29-2)9-17-21(27)25(22(28)24-17)11-19(26)30-3/h4-10H,11-12H2,1-3H3,(H,24,28). The van der Waals surface area contributed by atoms with Crippen LogP contribution in [0.5, 0.6) is 11.5 Å². The van der Waals surface area contributed by atoms with Crippen molar-refractivity contribution < 1.29 is 28.6 Å². The van der Waals surface area contributed by atoms with Crippen LogP contribution < -0.4 is 14.8 Å². The molecule has 3 amide bonds. The van der Waals surface area contributed by atoms with Crippen molar-refractivity contribution in [3.63, 3.8) is 0 Å². The predicted molar refractivity (Wildman–Crippen MR) is 114 cm³/mol. The topological polar surface area (TPSA) is 94.2 Å². The van der Waals surface area contributed by atoms with Crippen LogP contribution in [0.1, 0.15) is 16.7 Å². The van der Waals surface area contributed by atoms with Crippen LogP contribution in [0, 0.1) is 6.92 Å². The zero-order chi connectivity index (χ0) is 22.5. The zero-order valence-electron chi connectivity index (χ0n) is 17.2. The number of amides is 3. The summed E-state index contributed by atoms with van der Waals surface area (Å²) in [5.41, 5.74) is 2.63. The van der Waals surface area contributed by atoms with E-state index in [9.17, 15) is 14.4 Å². The van der Waals surface area contributed by atoms with Crippen LogP contribution in [0.2, 0.25) is 5.02 Å². The van der Waals surface area contributed by atoms with E-state index in [-0.39, 0.29) is 10.7 Å². The normalized spacial score (nSPS) is 14.6. The van der Waals surface area contributed by atoms with Crippen LogP contribution in [0.25, 0.3) is 6.08 Å². The summed E-state index contributed by atoms with van der Waals surface area (Å²) in [5.74, 6) is -0.620. The number of carbonyl (C=O) groups is 3. The highest BCUT2D eigenvalue weighted by molar-refractivity contribution is 6.32. The highest BCUT2D eigenvalue weighted by Crippen LogP contribution is 2.37. The fourth-order valence-corrected chi connectivity index (χ4v) is 3.15. The number of rotatable bonds is 7. The molecule has 1 aliphatic rings. The first-order chi connectivity index (χ1) is 14.8. The second-order valence-corrected chi connectivity index (χ2v) is 7.17. The number of benzene rings is 2. The van der Waals surface area contributed by atoms with Crippen LogP contribution in [0.3, 0.4) is 0 Å². The van der Waals surface area contributed by atoms with Gasteiger partial charge in [-0.05, 0) is 36.3 Å². The van der Waals surface area contributed by atoms with Gasteiger partial charge in [-0.1, -0.05) is 41.4 Å². The minimum Gasteiger partial charge on any atom is -0.493 e. The number of esters is 1. The van der Waals surface area contributed by atoms with Crippen molar-refractivity contribution >= 4 is 35.6 Å². The molecule has 8 nitrogen and oxygen atoms in total. The second kappa shape index (κ2) is 9.53. The molecule has 0 bridgehead atoms. The van der Waals surface area contributed by atoms with Gasteiger partial charge in [-0.15, -0.1) is 0 Å². The second-order valence-electron chi connectivity index (χ2n) is 6.76. The molecule has 1 heterocycles. The number of aryl methyl sites for hydroxylation is 1. The Balaban J connectivity index is 1.80. The number of nitrogens with one attached hydrogen (secondary N) is 1. The molecule has 9 heteroatoms. The molecule has 3 rings (SSSR count). The summed E-state index contributed by atoms with van der Waals surface area (Å²) in [6.07, 6.45) is 1.44. The quantitative estimate of drug-likeness (QED) is 0.400. The molecule has 31 heavy (non-hydrogen) atoms. The highest BCUT2D eigenvalue weighted by atomic mass is 35.5. The molecule has 2 aromatic rings. The van der Waals surface area contributed by atoms with Crippen LogP contribution >= 0.6 is 11.6 Å². The van der Waals surface area contributed by atoms with Crippen molar-refractivity contribution in [2.24, 2.45) is 0 Å². The molecule has 1 N–H and O–H groups in total. The molecule has 1 saturated heterocycles. The number of nitrogens with zero attached hydrogens (tertiary/aromatic N) is 1. The number of ether oxygens (including phenoxy) is 3. The zero-order valence-corrected chi connectivity index (χ0v) is 18.0. The van der Waals surface area contributed by atoms with Gasteiger partial charge in [0.05, 0.1) is 19.2 Å². The fourth-order valence-electron chi connectivity index (χ4n) is 2.88. The summed E-state index contributed by atoms with van der Waals surface area (Å²) in [6, 6.07) is 10.4. The summed E-state index contributed by atoms with van der Waals surface area (Å²) in [4.78, 5) is 36.6. The Hall–Kier alpha value is -3.52. The van der Waals surface area contributed by atoms with Crippen molar-refractivity contribution in [2.75, 3.05) is 20.8 Å². The summed E-state index contributed by atoms with van der Waals surface area (Å²) >= 11 is 6.39. The van der Waals surface area contributed by atoms with Crippen molar-refractivity contribution in [1.29, 1.82) is 0 Å². The first kappa shape index (κ1) is 22.2. The van der Waals surface area contributed by atoms with Crippen LogP contribution in [-0.4, -0.2) is 43.6 Å². The Morgan fingerprint density at radius 3 is 2.52 bits per heavy atom. The molecule has 0 saturated carbocycles. The number of hydrogen-bond acceptors (Lipinski definition) is 6. The molecule has 162 valence electrons.